The highest BCUT2D eigenvalue weighted by molar-refractivity contribution is 7.89. The van der Waals surface area contributed by atoms with E-state index in [-0.39, 0.29) is 35.0 Å². The van der Waals surface area contributed by atoms with Gasteiger partial charge in [0.2, 0.25) is 10.0 Å². The van der Waals surface area contributed by atoms with Crippen molar-refractivity contribution in [3.05, 3.63) is 53.6 Å². The summed E-state index contributed by atoms with van der Waals surface area (Å²) in [4.78, 5) is 12.0. The summed E-state index contributed by atoms with van der Waals surface area (Å²) < 4.78 is 52.8. The van der Waals surface area contributed by atoms with Gasteiger partial charge in [0.25, 0.3) is 5.91 Å². The van der Waals surface area contributed by atoms with Gasteiger partial charge in [-0.25, -0.2) is 17.2 Å². The summed E-state index contributed by atoms with van der Waals surface area (Å²) in [5.74, 6) is -3.14. The van der Waals surface area contributed by atoms with Crippen LogP contribution < -0.4 is 5.32 Å². The summed E-state index contributed by atoms with van der Waals surface area (Å²) in [5.41, 5.74) is -0.494. The Morgan fingerprint density at radius 2 is 1.65 bits per heavy atom. The molecule has 6 nitrogen and oxygen atoms in total. The van der Waals surface area contributed by atoms with Crippen LogP contribution in [-0.4, -0.2) is 36.8 Å². The minimum absolute atomic E-state index is 0.125. The van der Waals surface area contributed by atoms with E-state index in [0.717, 1.165) is 24.3 Å². The van der Waals surface area contributed by atoms with Crippen molar-refractivity contribution in [2.75, 3.05) is 18.4 Å². The number of nitrogens with zero attached hydrogens (tertiary/aromatic N) is 1. The summed E-state index contributed by atoms with van der Waals surface area (Å²) in [6.45, 7) is 3.87. The van der Waals surface area contributed by atoms with Crippen molar-refractivity contribution in [1.29, 1.82) is 0 Å². The maximum atomic E-state index is 13.2. The third kappa shape index (κ3) is 4.17. The van der Waals surface area contributed by atoms with Gasteiger partial charge in [0, 0.05) is 24.7 Å². The Morgan fingerprint density at radius 1 is 1.08 bits per heavy atom. The normalized spacial score (nSPS) is 11.6. The van der Waals surface area contributed by atoms with Crippen molar-refractivity contribution < 1.29 is 27.1 Å². The summed E-state index contributed by atoms with van der Waals surface area (Å²) in [6, 6.07) is 5.69. The van der Waals surface area contributed by atoms with Crippen LogP contribution in [0.25, 0.3) is 0 Å². The Balaban J connectivity index is 2.37. The van der Waals surface area contributed by atoms with Crippen LogP contribution >= 0.6 is 0 Å². The number of phenolic OH excluding ortho intramolecular Hbond substituents is 1. The molecule has 9 heteroatoms. The van der Waals surface area contributed by atoms with Crippen molar-refractivity contribution in [3.63, 3.8) is 0 Å². The predicted molar refractivity (Wildman–Crippen MR) is 92.5 cm³/mol. The third-order valence-corrected chi connectivity index (χ3v) is 5.73. The molecular weight excluding hydrogens is 366 g/mol. The molecule has 26 heavy (non-hydrogen) atoms. The molecule has 0 atom stereocenters. The monoisotopic (exact) mass is 384 g/mol. The van der Waals surface area contributed by atoms with E-state index in [1.54, 1.807) is 13.8 Å². The minimum atomic E-state index is -3.80. The second kappa shape index (κ2) is 7.79. The van der Waals surface area contributed by atoms with Crippen LogP contribution in [0.1, 0.15) is 24.2 Å². The Kier molecular flexibility index (Phi) is 5.94. The molecule has 0 aliphatic rings. The first-order valence-corrected chi connectivity index (χ1v) is 9.23. The molecule has 2 aromatic carbocycles. The molecule has 0 unspecified atom stereocenters. The molecule has 2 aromatic rings. The van der Waals surface area contributed by atoms with Crippen molar-refractivity contribution in [3.8, 4) is 5.75 Å². The number of halogens is 2. The van der Waals surface area contributed by atoms with Gasteiger partial charge in [-0.2, -0.15) is 4.31 Å². The largest absolute Gasteiger partial charge is 0.506 e. The van der Waals surface area contributed by atoms with Gasteiger partial charge in [-0.3, -0.25) is 4.79 Å². The number of phenols is 1. The lowest BCUT2D eigenvalue weighted by atomic mass is 10.2. The second-order valence-electron chi connectivity index (χ2n) is 5.38. The standard InChI is InChI=1S/C17H18F2N2O4S/c1-3-21(4-2)26(24,25)14-5-6-16(22)15(10-14)20-17(23)11-7-12(18)9-13(19)8-11/h5-10,22H,3-4H2,1-2H3,(H,20,23). The first kappa shape index (κ1) is 19.8. The van der Waals surface area contributed by atoms with Crippen LogP contribution in [0, 0.1) is 11.6 Å². The highest BCUT2D eigenvalue weighted by Crippen LogP contribution is 2.28. The molecule has 0 saturated carbocycles. The molecule has 0 aliphatic carbocycles. The fourth-order valence-electron chi connectivity index (χ4n) is 2.37. The molecule has 0 radical (unpaired) electrons. The second-order valence-corrected chi connectivity index (χ2v) is 7.32. The van der Waals surface area contributed by atoms with E-state index in [1.165, 1.54) is 10.4 Å². The van der Waals surface area contributed by atoms with E-state index in [9.17, 15) is 27.1 Å². The number of hydrogen-bond donors (Lipinski definition) is 2. The fourth-order valence-corrected chi connectivity index (χ4v) is 3.85. The molecule has 0 spiro atoms. The first-order valence-electron chi connectivity index (χ1n) is 7.79. The van der Waals surface area contributed by atoms with E-state index in [0.29, 0.717) is 6.07 Å². The zero-order chi connectivity index (χ0) is 19.5. The number of aromatic hydroxyl groups is 1. The van der Waals surface area contributed by atoms with Gasteiger partial charge in [0.05, 0.1) is 10.6 Å². The topological polar surface area (TPSA) is 86.7 Å². The lowest BCUT2D eigenvalue weighted by Gasteiger charge is -2.19. The van der Waals surface area contributed by atoms with Crippen molar-refractivity contribution in [2.24, 2.45) is 0 Å². The van der Waals surface area contributed by atoms with Gasteiger partial charge in [0.15, 0.2) is 0 Å². The lowest BCUT2D eigenvalue weighted by molar-refractivity contribution is 0.102. The fraction of sp³-hybridized carbons (Fsp3) is 0.235. The number of amides is 1. The highest BCUT2D eigenvalue weighted by atomic mass is 32.2. The smallest absolute Gasteiger partial charge is 0.255 e. The Labute approximate surface area is 150 Å². The molecule has 1 amide bonds. The first-order chi connectivity index (χ1) is 12.2. The molecule has 2 N–H and O–H groups in total. The summed E-state index contributed by atoms with van der Waals surface area (Å²) in [7, 11) is -3.80. The van der Waals surface area contributed by atoms with E-state index in [4.69, 9.17) is 0 Å². The summed E-state index contributed by atoms with van der Waals surface area (Å²) in [5, 5.41) is 12.2. The highest BCUT2D eigenvalue weighted by Gasteiger charge is 2.23. The molecule has 2 rings (SSSR count). The molecule has 0 heterocycles. The van der Waals surface area contributed by atoms with E-state index in [2.05, 4.69) is 5.32 Å². The maximum Gasteiger partial charge on any atom is 0.255 e. The van der Waals surface area contributed by atoms with Gasteiger partial charge in [-0.05, 0) is 30.3 Å². The van der Waals surface area contributed by atoms with Crippen LogP contribution in [0.15, 0.2) is 41.3 Å². The van der Waals surface area contributed by atoms with Gasteiger partial charge < -0.3 is 10.4 Å². The Hall–Kier alpha value is -2.52. The van der Waals surface area contributed by atoms with Crippen LogP contribution in [0.2, 0.25) is 0 Å². The SMILES string of the molecule is CCN(CC)S(=O)(=O)c1ccc(O)c(NC(=O)c2cc(F)cc(F)c2)c1. The number of rotatable bonds is 6. The van der Waals surface area contributed by atoms with Crippen molar-refractivity contribution in [2.45, 2.75) is 18.7 Å². The van der Waals surface area contributed by atoms with Gasteiger partial charge >= 0.3 is 0 Å². The lowest BCUT2D eigenvalue weighted by Crippen LogP contribution is -2.30. The van der Waals surface area contributed by atoms with Gasteiger partial charge in [0.1, 0.15) is 17.4 Å². The zero-order valence-corrected chi connectivity index (χ0v) is 15.0. The predicted octanol–water partition coefficient (Wildman–Crippen LogP) is 2.95. The number of carbonyl (C=O) groups excluding carboxylic acids is 1. The van der Waals surface area contributed by atoms with E-state index in [1.807, 2.05) is 0 Å². The van der Waals surface area contributed by atoms with Crippen LogP contribution in [0.5, 0.6) is 5.75 Å². The van der Waals surface area contributed by atoms with E-state index < -0.39 is 27.6 Å². The van der Waals surface area contributed by atoms with Gasteiger partial charge in [-0.1, -0.05) is 13.8 Å². The van der Waals surface area contributed by atoms with Crippen LogP contribution in [-0.2, 0) is 10.0 Å². The number of hydrogen-bond acceptors (Lipinski definition) is 4. The molecule has 0 fully saturated rings. The molecule has 140 valence electrons. The number of nitrogens with one attached hydrogen (secondary N) is 1. The average molecular weight is 384 g/mol. The van der Waals surface area contributed by atoms with Crippen LogP contribution in [0.4, 0.5) is 14.5 Å². The van der Waals surface area contributed by atoms with E-state index >= 15 is 0 Å². The third-order valence-electron chi connectivity index (χ3n) is 3.68. The minimum Gasteiger partial charge on any atom is -0.506 e. The van der Waals surface area contributed by atoms with Crippen molar-refractivity contribution in [1.82, 2.24) is 4.31 Å². The van der Waals surface area contributed by atoms with Crippen molar-refractivity contribution >= 4 is 21.6 Å². The Morgan fingerprint density at radius 3 is 2.19 bits per heavy atom. The molecule has 0 saturated heterocycles. The number of sulfonamides is 1. The number of anilines is 1. The summed E-state index contributed by atoms with van der Waals surface area (Å²) >= 11 is 0. The number of benzene rings is 2. The Bertz CT molecular complexity index is 908. The molecule has 0 bridgehead atoms. The van der Waals surface area contributed by atoms with Gasteiger partial charge in [-0.15, -0.1) is 0 Å². The quantitative estimate of drug-likeness (QED) is 0.750. The van der Waals surface area contributed by atoms with Crippen LogP contribution in [0.3, 0.4) is 0 Å². The number of carbonyl (C=O) groups is 1. The zero-order valence-electron chi connectivity index (χ0n) is 14.2. The average Bonchev–Trinajstić information content (AvgIpc) is 2.56. The molecule has 0 aromatic heterocycles. The summed E-state index contributed by atoms with van der Waals surface area (Å²) in [6.07, 6.45) is 0. The molecule has 0 aliphatic heterocycles. The maximum absolute atomic E-state index is 13.2. The molecular formula is C17H18F2N2O4S.